The van der Waals surface area contributed by atoms with Crippen LogP contribution in [0.25, 0.3) is 10.4 Å². The number of carbonyl (C=O) groups is 5. The summed E-state index contributed by atoms with van der Waals surface area (Å²) in [6.45, 7) is 11.1. The van der Waals surface area contributed by atoms with Crippen molar-refractivity contribution in [2.75, 3.05) is 60.8 Å². The van der Waals surface area contributed by atoms with Gasteiger partial charge in [0.2, 0.25) is 37.6 Å². The number of hydrogen-bond donors (Lipinski definition) is 3. The molecule has 2 aliphatic heterocycles. The van der Waals surface area contributed by atoms with Gasteiger partial charge in [-0.15, -0.1) is 0 Å². The van der Waals surface area contributed by atoms with Crippen LogP contribution >= 0.6 is 8.03 Å². The third-order valence-corrected chi connectivity index (χ3v) is 14.7. The number of likely N-dealkylation sites (tertiary alicyclic amines) is 2. The molecule has 0 radical (unpaired) electrons. The zero-order valence-electron chi connectivity index (χ0n) is 40.1. The smallest absolute Gasteiger partial charge is 0.245 e. The molecular weight excluding hydrogens is 872 g/mol. The fourth-order valence-corrected chi connectivity index (χ4v) is 10.8. The number of rotatable bonds is 28. The molecule has 1 aromatic carbocycles. The average Bonchev–Trinajstić information content (AvgIpc) is 4.08. The quantitative estimate of drug-likeness (QED) is 0.0352. The number of amides is 5. The van der Waals surface area contributed by atoms with Crippen molar-refractivity contribution in [3.63, 3.8) is 0 Å². The lowest BCUT2D eigenvalue weighted by molar-refractivity contribution is -0.149. The second-order valence-electron chi connectivity index (χ2n) is 18.3. The monoisotopic (exact) mass is 947 g/mol. The van der Waals surface area contributed by atoms with Crippen LogP contribution in [0.2, 0.25) is 0 Å². The summed E-state index contributed by atoms with van der Waals surface area (Å²) in [7, 11) is 1.56. The summed E-state index contributed by atoms with van der Waals surface area (Å²) in [4.78, 5) is 88.2. The Kier molecular flexibility index (Phi) is 22.3. The summed E-state index contributed by atoms with van der Waals surface area (Å²) in [5, 5.41) is 9.22. The number of hydrogen-bond acceptors (Lipinski definition) is 11. The summed E-state index contributed by atoms with van der Waals surface area (Å²) in [5.41, 5.74) is 9.18. The van der Waals surface area contributed by atoms with Crippen LogP contribution < -0.4 is 10.6 Å². The maximum Gasteiger partial charge on any atom is 0.245 e. The summed E-state index contributed by atoms with van der Waals surface area (Å²) >= 11 is 0. The maximum absolute atomic E-state index is 14.6. The van der Waals surface area contributed by atoms with Crippen molar-refractivity contribution < 1.29 is 52.4 Å². The van der Waals surface area contributed by atoms with Crippen molar-refractivity contribution in [1.29, 1.82) is 0 Å². The minimum atomic E-state index is -3.13. The first kappa shape index (κ1) is 54.5. The highest BCUT2D eigenvalue weighted by Gasteiger charge is 2.52. The fraction of sp³-hybridized carbons (Fsp3) is 0.761. The summed E-state index contributed by atoms with van der Waals surface area (Å²) in [6.07, 6.45) is 3.08. The Labute approximate surface area is 390 Å². The highest BCUT2D eigenvalue weighted by molar-refractivity contribution is 7.38. The lowest BCUT2D eigenvalue weighted by Crippen LogP contribution is -2.60. The molecule has 20 heteroatoms. The number of azide groups is 1. The molecule has 5 amide bonds. The average molecular weight is 947 g/mol. The molecule has 0 spiro atoms. The van der Waals surface area contributed by atoms with Gasteiger partial charge in [0.15, 0.2) is 0 Å². The van der Waals surface area contributed by atoms with E-state index in [9.17, 15) is 33.4 Å². The van der Waals surface area contributed by atoms with Gasteiger partial charge in [0.05, 0.1) is 69.5 Å². The van der Waals surface area contributed by atoms with Gasteiger partial charge in [0, 0.05) is 51.7 Å². The molecule has 19 nitrogen and oxygen atoms in total. The predicted octanol–water partition coefficient (Wildman–Crippen LogP) is 4.31. The van der Waals surface area contributed by atoms with Gasteiger partial charge in [-0.05, 0) is 61.0 Å². The zero-order valence-corrected chi connectivity index (χ0v) is 41.1. The Morgan fingerprint density at radius 2 is 1.67 bits per heavy atom. The second-order valence-corrected chi connectivity index (χ2v) is 19.7. The molecular formula is C46H75N8O11P. The molecule has 3 N–H and O–H groups in total. The Morgan fingerprint density at radius 3 is 2.29 bits per heavy atom. The van der Waals surface area contributed by atoms with Crippen molar-refractivity contribution in [3.05, 3.63) is 46.3 Å². The third-order valence-electron chi connectivity index (χ3n) is 13.8. The number of carbonyl (C=O) groups excluding carboxylic acids is 5. The van der Waals surface area contributed by atoms with Gasteiger partial charge in [-0.1, -0.05) is 76.5 Å². The van der Waals surface area contributed by atoms with E-state index in [1.807, 2.05) is 58.0 Å². The van der Waals surface area contributed by atoms with E-state index >= 15 is 0 Å². The molecule has 370 valence electrons. The van der Waals surface area contributed by atoms with Crippen LogP contribution in [-0.2, 0) is 53.9 Å². The first-order chi connectivity index (χ1) is 31.6. The van der Waals surface area contributed by atoms with Gasteiger partial charge in [0.1, 0.15) is 17.9 Å². The van der Waals surface area contributed by atoms with Gasteiger partial charge < -0.3 is 49.2 Å². The fourth-order valence-electron chi connectivity index (χ4n) is 10.1. The summed E-state index contributed by atoms with van der Waals surface area (Å²) in [5.74, 6) is -3.70. The predicted molar refractivity (Wildman–Crippen MR) is 248 cm³/mol. The molecule has 3 aliphatic rings. The largest absolute Gasteiger partial charge is 0.379 e. The van der Waals surface area contributed by atoms with Crippen LogP contribution in [-0.4, -0.2) is 158 Å². The highest BCUT2D eigenvalue weighted by Crippen LogP contribution is 2.43. The highest BCUT2D eigenvalue weighted by atomic mass is 31.1. The van der Waals surface area contributed by atoms with E-state index in [1.54, 1.807) is 28.7 Å². The summed E-state index contributed by atoms with van der Waals surface area (Å²) in [6, 6.07) is 6.48. The van der Waals surface area contributed by atoms with Gasteiger partial charge in [0.25, 0.3) is 0 Å². The normalized spacial score (nSPS) is 22.7. The number of fused-ring (bicyclic) bond motifs is 2. The molecule has 2 bridgehead atoms. The molecule has 4 rings (SSSR count). The first-order valence-corrected chi connectivity index (χ1v) is 25.0. The maximum atomic E-state index is 14.6. The third kappa shape index (κ3) is 14.5. The molecule has 2 heterocycles. The van der Waals surface area contributed by atoms with E-state index in [1.165, 1.54) is 14.2 Å². The number of benzene rings is 1. The number of likely N-dealkylation sites (N-methyl/N-ethyl adjacent to an activating group) is 1. The van der Waals surface area contributed by atoms with Gasteiger partial charge >= 0.3 is 0 Å². The minimum absolute atomic E-state index is 0.0188. The van der Waals surface area contributed by atoms with Crippen molar-refractivity contribution in [3.8, 4) is 0 Å². The van der Waals surface area contributed by atoms with E-state index in [0.29, 0.717) is 25.8 Å². The van der Waals surface area contributed by atoms with Crippen LogP contribution in [0.4, 0.5) is 0 Å². The van der Waals surface area contributed by atoms with E-state index in [2.05, 4.69) is 20.7 Å². The van der Waals surface area contributed by atoms with Crippen molar-refractivity contribution in [2.24, 2.45) is 28.8 Å². The Bertz CT molecular complexity index is 1820. The number of piperidine rings is 1. The SMILES string of the molecule is CC[C@H](C)[C@@H]([C@@H](CC(=O)N1CCC[C@H]1[C@H](OC)[C@@H](C)C(=O)N[C@@H](Cc1ccccc1)[PH](=O)O)OC)N(C)C(=O)[C@@H](NC(=O)[C@@H]1[C@H]2CC[C@H](C2)N1C(=O)CCOCCOCCN=[N+]=[N-])C(C)C. The number of nitrogens with one attached hydrogen (secondary N) is 2. The van der Waals surface area contributed by atoms with Gasteiger partial charge in [-0.25, -0.2) is 0 Å². The summed E-state index contributed by atoms with van der Waals surface area (Å²) < 4.78 is 35.3. The molecule has 3 fully saturated rings. The zero-order chi connectivity index (χ0) is 48.5. The molecule has 2 saturated heterocycles. The topological polar surface area (TPSA) is 242 Å². The van der Waals surface area contributed by atoms with Crippen LogP contribution in [0.15, 0.2) is 35.4 Å². The van der Waals surface area contributed by atoms with E-state index in [0.717, 1.165) is 24.8 Å². The van der Waals surface area contributed by atoms with E-state index in [-0.39, 0.29) is 99.7 Å². The van der Waals surface area contributed by atoms with E-state index in [4.69, 9.17) is 24.5 Å². The molecule has 1 unspecified atom stereocenters. The molecule has 0 aromatic heterocycles. The molecule has 66 heavy (non-hydrogen) atoms. The number of nitrogens with zero attached hydrogens (tertiary/aromatic N) is 6. The van der Waals surface area contributed by atoms with Crippen LogP contribution in [0, 0.1) is 23.7 Å². The van der Waals surface area contributed by atoms with Crippen LogP contribution in [0.5, 0.6) is 0 Å². The van der Waals surface area contributed by atoms with E-state index < -0.39 is 62.0 Å². The van der Waals surface area contributed by atoms with Crippen molar-refractivity contribution in [1.82, 2.24) is 25.3 Å². The van der Waals surface area contributed by atoms with Crippen LogP contribution in [0.3, 0.4) is 0 Å². The molecule has 1 aliphatic carbocycles. The first-order valence-electron chi connectivity index (χ1n) is 23.6. The lowest BCUT2D eigenvalue weighted by Gasteiger charge is -2.41. The Morgan fingerprint density at radius 1 is 0.970 bits per heavy atom. The standard InChI is InChI=1S/C46H75N8O11P/c1-9-30(4)41(36(62-7)28-39(56)53-21-13-16-35(53)43(63-8)31(5)44(57)49-37(66(60)61)26-32-14-11-10-12-15-32)52(6)46(59)40(29(2)3)50-45(58)42-33-17-18-34(27-33)54(42)38(55)19-22-64-24-25-65-23-20-48-51-47/h10-12,14-15,29-31,33-37,40-43,66H,9,13,16-28H2,1-8H3,(H,49,57)(H,50,58)(H,60,61)/t30-,31+,33-,34+,35-,36+,37+,40-,41-,42-,43+/m0/s1. The number of methoxy groups -OCH3 is 2. The van der Waals surface area contributed by atoms with Crippen molar-refractivity contribution >= 4 is 37.6 Å². The number of ether oxygens (including phenoxy) is 4. The lowest BCUT2D eigenvalue weighted by atomic mass is 9.89. The van der Waals surface area contributed by atoms with Gasteiger partial charge in [-0.2, -0.15) is 0 Å². The Hall–Kier alpha value is -4.09. The van der Waals surface area contributed by atoms with Crippen LogP contribution in [0.1, 0.15) is 91.5 Å². The molecule has 1 saturated carbocycles. The molecule has 12 atom stereocenters. The minimum Gasteiger partial charge on any atom is -0.379 e. The Balaban J connectivity index is 1.42. The van der Waals surface area contributed by atoms with Crippen molar-refractivity contribution in [2.45, 2.75) is 141 Å². The second kappa shape index (κ2) is 27.0. The molecule has 1 aromatic rings. The van der Waals surface area contributed by atoms with Gasteiger partial charge in [-0.3, -0.25) is 28.5 Å².